The average molecular weight is 359 g/mol. The molecule has 1 aromatic carbocycles. The first-order valence-electron chi connectivity index (χ1n) is 8.54. The Labute approximate surface area is 150 Å². The molecule has 132 valence electrons. The molecule has 1 saturated carbocycles. The number of hydrogen-bond acceptors (Lipinski definition) is 5. The molecular formula is C19H21NO4S. The summed E-state index contributed by atoms with van der Waals surface area (Å²) in [5.74, 6) is 1.47. The third-order valence-electron chi connectivity index (χ3n) is 4.89. The van der Waals surface area contributed by atoms with E-state index in [0.29, 0.717) is 30.3 Å². The number of carbonyl (C=O) groups is 1. The van der Waals surface area contributed by atoms with E-state index in [1.54, 1.807) is 17.4 Å². The Balaban J connectivity index is 1.57. The van der Waals surface area contributed by atoms with E-state index < -0.39 is 0 Å². The van der Waals surface area contributed by atoms with Crippen molar-refractivity contribution >= 4 is 17.2 Å². The molecule has 0 spiro atoms. The lowest BCUT2D eigenvalue weighted by Gasteiger charge is -2.37. The van der Waals surface area contributed by atoms with Crippen molar-refractivity contribution in [2.45, 2.75) is 31.9 Å². The van der Waals surface area contributed by atoms with E-state index in [4.69, 9.17) is 9.47 Å². The van der Waals surface area contributed by atoms with Crippen LogP contribution in [0, 0.1) is 12.8 Å². The topological polar surface area (TPSA) is 67.8 Å². The second kappa shape index (κ2) is 6.69. The van der Waals surface area contributed by atoms with Gasteiger partial charge in [0.15, 0.2) is 11.5 Å². The number of benzene rings is 1. The molecule has 1 aromatic heterocycles. The Morgan fingerprint density at radius 1 is 1.28 bits per heavy atom. The van der Waals surface area contributed by atoms with Crippen molar-refractivity contribution in [1.82, 2.24) is 5.32 Å². The van der Waals surface area contributed by atoms with Crippen LogP contribution in [0.3, 0.4) is 0 Å². The predicted molar refractivity (Wildman–Crippen MR) is 95.4 cm³/mol. The summed E-state index contributed by atoms with van der Waals surface area (Å²) in [5, 5.41) is 14.8. The Morgan fingerprint density at radius 2 is 2.00 bits per heavy atom. The van der Waals surface area contributed by atoms with Gasteiger partial charge >= 0.3 is 0 Å². The van der Waals surface area contributed by atoms with Crippen LogP contribution in [0.25, 0.3) is 0 Å². The van der Waals surface area contributed by atoms with E-state index in [2.05, 4.69) is 5.32 Å². The summed E-state index contributed by atoms with van der Waals surface area (Å²) in [6.07, 6.45) is 1.20. The van der Waals surface area contributed by atoms with E-state index in [9.17, 15) is 9.90 Å². The molecule has 2 aliphatic rings. The van der Waals surface area contributed by atoms with E-state index in [1.807, 2.05) is 30.5 Å². The lowest BCUT2D eigenvalue weighted by atomic mass is 9.76. The number of carbonyl (C=O) groups excluding carboxylic acids is 1. The molecule has 0 saturated heterocycles. The van der Waals surface area contributed by atoms with Crippen LogP contribution in [0.2, 0.25) is 0 Å². The van der Waals surface area contributed by atoms with Gasteiger partial charge in [-0.1, -0.05) is 6.07 Å². The highest BCUT2D eigenvalue weighted by molar-refractivity contribution is 7.10. The maximum atomic E-state index is 12.9. The number of aryl methyl sites for hydroxylation is 1. The minimum Gasteiger partial charge on any atom is -0.486 e. The van der Waals surface area contributed by atoms with Crippen molar-refractivity contribution < 1.29 is 19.4 Å². The normalized spacial score (nSPS) is 22.8. The fourth-order valence-electron chi connectivity index (χ4n) is 3.45. The number of hydrogen-bond donors (Lipinski definition) is 2. The lowest BCUT2D eigenvalue weighted by Crippen LogP contribution is -2.41. The molecule has 2 heterocycles. The monoisotopic (exact) mass is 359 g/mol. The molecule has 4 rings (SSSR count). The molecule has 1 aliphatic heterocycles. The van der Waals surface area contributed by atoms with Crippen LogP contribution in [-0.4, -0.2) is 30.3 Å². The van der Waals surface area contributed by atoms with Crippen LogP contribution in [0.4, 0.5) is 0 Å². The summed E-state index contributed by atoms with van der Waals surface area (Å²) in [6.45, 7) is 2.93. The first-order valence-corrected chi connectivity index (χ1v) is 9.42. The number of nitrogens with one attached hydrogen (secondary N) is 1. The zero-order chi connectivity index (χ0) is 17.4. The van der Waals surface area contributed by atoms with Crippen LogP contribution in [0.5, 0.6) is 11.5 Å². The largest absolute Gasteiger partial charge is 0.486 e. The van der Waals surface area contributed by atoms with Crippen molar-refractivity contribution in [3.8, 4) is 11.5 Å². The zero-order valence-corrected chi connectivity index (χ0v) is 14.8. The van der Waals surface area contributed by atoms with E-state index in [1.165, 1.54) is 0 Å². The fraction of sp³-hybridized carbons (Fsp3) is 0.421. The Hall–Kier alpha value is -2.05. The van der Waals surface area contributed by atoms with Crippen LogP contribution in [-0.2, 0) is 0 Å². The minimum atomic E-state index is -0.250. The van der Waals surface area contributed by atoms with Gasteiger partial charge in [-0.2, -0.15) is 0 Å². The smallest absolute Gasteiger partial charge is 0.252 e. The number of aliphatic hydroxyl groups excluding tert-OH is 1. The average Bonchev–Trinajstić information content (AvgIpc) is 3.10. The standard InChI is InChI=1S/C19H21NO4S/c1-11-7-15-16(24-5-4-23-15)10-14(11)19(22)20-18(12-8-13(21)9-12)17-3-2-6-25-17/h2-3,6-7,10,12-13,18,21H,4-5,8-9H2,1H3,(H,20,22)/t12?,13?,18-/m1/s1. The molecule has 1 atom stereocenters. The molecule has 1 fully saturated rings. The molecule has 2 aromatic rings. The third-order valence-corrected chi connectivity index (χ3v) is 5.85. The van der Waals surface area contributed by atoms with E-state index in [0.717, 1.165) is 23.3 Å². The van der Waals surface area contributed by atoms with Gasteiger partial charge in [-0.3, -0.25) is 4.79 Å². The molecule has 1 amide bonds. The summed E-state index contributed by atoms with van der Waals surface area (Å²) in [6, 6.07) is 7.58. The lowest BCUT2D eigenvalue weighted by molar-refractivity contribution is 0.0241. The van der Waals surface area contributed by atoms with Gasteiger partial charge in [0.25, 0.3) is 5.91 Å². The van der Waals surface area contributed by atoms with Crippen molar-refractivity contribution in [2.75, 3.05) is 13.2 Å². The number of fused-ring (bicyclic) bond motifs is 1. The summed E-state index contributed by atoms with van der Waals surface area (Å²) in [4.78, 5) is 14.0. The van der Waals surface area contributed by atoms with Crippen LogP contribution < -0.4 is 14.8 Å². The summed E-state index contributed by atoms with van der Waals surface area (Å²) < 4.78 is 11.2. The highest BCUT2D eigenvalue weighted by atomic mass is 32.1. The Bertz CT molecular complexity index is 768. The summed E-state index contributed by atoms with van der Waals surface area (Å²) in [5.41, 5.74) is 1.46. The maximum Gasteiger partial charge on any atom is 0.252 e. The van der Waals surface area contributed by atoms with Gasteiger partial charge in [0.1, 0.15) is 13.2 Å². The van der Waals surface area contributed by atoms with Gasteiger partial charge in [-0.05, 0) is 54.8 Å². The van der Waals surface area contributed by atoms with Gasteiger partial charge < -0.3 is 19.9 Å². The minimum absolute atomic E-state index is 0.0662. The van der Waals surface area contributed by atoms with Crippen LogP contribution in [0.1, 0.15) is 39.7 Å². The molecular weight excluding hydrogens is 338 g/mol. The molecule has 5 nitrogen and oxygen atoms in total. The second-order valence-electron chi connectivity index (χ2n) is 6.66. The first-order chi connectivity index (χ1) is 12.1. The quantitative estimate of drug-likeness (QED) is 0.880. The maximum absolute atomic E-state index is 12.9. The highest BCUT2D eigenvalue weighted by Crippen LogP contribution is 2.40. The van der Waals surface area contributed by atoms with Gasteiger partial charge in [-0.25, -0.2) is 0 Å². The fourth-order valence-corrected chi connectivity index (χ4v) is 4.32. The van der Waals surface area contributed by atoms with Gasteiger partial charge in [0.2, 0.25) is 0 Å². The molecule has 0 unspecified atom stereocenters. The molecule has 6 heteroatoms. The van der Waals surface area contributed by atoms with Crippen molar-refractivity contribution in [3.05, 3.63) is 45.6 Å². The van der Waals surface area contributed by atoms with Crippen LogP contribution in [0.15, 0.2) is 29.6 Å². The summed E-state index contributed by atoms with van der Waals surface area (Å²) >= 11 is 1.63. The van der Waals surface area contributed by atoms with Gasteiger partial charge in [0.05, 0.1) is 12.1 Å². The highest BCUT2D eigenvalue weighted by Gasteiger charge is 2.36. The number of thiophene rings is 1. The predicted octanol–water partition coefficient (Wildman–Crippen LogP) is 3.07. The van der Waals surface area contributed by atoms with Crippen molar-refractivity contribution in [3.63, 3.8) is 0 Å². The zero-order valence-electron chi connectivity index (χ0n) is 14.0. The number of amides is 1. The van der Waals surface area contributed by atoms with E-state index in [-0.39, 0.29) is 24.0 Å². The van der Waals surface area contributed by atoms with Crippen molar-refractivity contribution in [1.29, 1.82) is 0 Å². The number of rotatable bonds is 4. The second-order valence-corrected chi connectivity index (χ2v) is 7.64. The molecule has 0 radical (unpaired) electrons. The van der Waals surface area contributed by atoms with Crippen LogP contribution >= 0.6 is 11.3 Å². The van der Waals surface area contributed by atoms with E-state index >= 15 is 0 Å². The Kier molecular flexibility index (Phi) is 4.39. The third kappa shape index (κ3) is 3.24. The first kappa shape index (κ1) is 16.4. The van der Waals surface area contributed by atoms with Crippen molar-refractivity contribution in [2.24, 2.45) is 5.92 Å². The SMILES string of the molecule is Cc1cc2c(cc1C(=O)N[C@@H](c1cccs1)C1CC(O)C1)OCCO2. The number of ether oxygens (including phenoxy) is 2. The summed E-state index contributed by atoms with van der Waals surface area (Å²) in [7, 11) is 0. The number of aliphatic hydroxyl groups is 1. The molecule has 2 N–H and O–H groups in total. The van der Waals surface area contributed by atoms with Gasteiger partial charge in [-0.15, -0.1) is 11.3 Å². The molecule has 0 bridgehead atoms. The Morgan fingerprint density at radius 3 is 2.64 bits per heavy atom. The molecule has 1 aliphatic carbocycles. The van der Waals surface area contributed by atoms with Gasteiger partial charge in [0, 0.05) is 10.4 Å². The molecule has 25 heavy (non-hydrogen) atoms.